The van der Waals surface area contributed by atoms with Gasteiger partial charge >= 0.3 is 0 Å². The number of piperidine rings is 1. The molecule has 264 valence electrons. The number of carbonyl (C=O) groups is 3. The lowest BCUT2D eigenvalue weighted by atomic mass is 9.81. The first-order valence-electron chi connectivity index (χ1n) is 18.2. The van der Waals surface area contributed by atoms with Crippen LogP contribution in [-0.2, 0) is 27.2 Å². The van der Waals surface area contributed by atoms with E-state index in [0.29, 0.717) is 12.8 Å². The van der Waals surface area contributed by atoms with Gasteiger partial charge in [0.1, 0.15) is 11.8 Å². The average molecular weight is 709 g/mol. The van der Waals surface area contributed by atoms with Gasteiger partial charge in [0.2, 0.25) is 11.8 Å². The van der Waals surface area contributed by atoms with Crippen molar-refractivity contribution in [1.29, 1.82) is 0 Å². The molecule has 7 rings (SSSR count). The van der Waals surface area contributed by atoms with E-state index in [1.54, 1.807) is 24.3 Å². The monoisotopic (exact) mass is 708 g/mol. The summed E-state index contributed by atoms with van der Waals surface area (Å²) in [4.78, 5) is 43.6. The average Bonchev–Trinajstić information content (AvgIpc) is 3.29. The molecule has 0 aliphatic carbocycles. The number of phenolic OH excluding ortho intramolecular Hbond substituents is 1. The van der Waals surface area contributed by atoms with E-state index in [0.717, 1.165) is 65.3 Å². The molecule has 4 unspecified atom stereocenters. The molecule has 2 N–H and O–H groups in total. The topological polar surface area (TPSA) is 86.7 Å². The molecule has 0 saturated carbocycles. The minimum absolute atomic E-state index is 0.0539. The Balaban J connectivity index is 1.26. The number of hydrogen-bond acceptors (Lipinski definition) is 5. The van der Waals surface area contributed by atoms with Crippen LogP contribution in [0.2, 0.25) is 0 Å². The third-order valence-corrected chi connectivity index (χ3v) is 11.5. The second-order valence-corrected chi connectivity index (χ2v) is 15.3. The van der Waals surface area contributed by atoms with Crippen molar-refractivity contribution in [2.24, 2.45) is 0 Å². The Kier molecular flexibility index (Phi) is 10.9. The van der Waals surface area contributed by atoms with Gasteiger partial charge in [0.15, 0.2) is 5.12 Å². The van der Waals surface area contributed by atoms with Crippen molar-refractivity contribution in [3.63, 3.8) is 0 Å². The van der Waals surface area contributed by atoms with Crippen molar-refractivity contribution in [2.75, 3.05) is 0 Å². The molecule has 2 amide bonds. The van der Waals surface area contributed by atoms with Gasteiger partial charge < -0.3 is 15.3 Å². The van der Waals surface area contributed by atoms with Gasteiger partial charge in [0, 0.05) is 25.3 Å². The van der Waals surface area contributed by atoms with E-state index in [9.17, 15) is 14.7 Å². The summed E-state index contributed by atoms with van der Waals surface area (Å²) < 4.78 is 0. The van der Waals surface area contributed by atoms with Gasteiger partial charge in [-0.15, -0.1) is 0 Å². The number of benzene rings is 5. The van der Waals surface area contributed by atoms with E-state index in [2.05, 4.69) is 89.1 Å². The largest absolute Gasteiger partial charge is 0.508 e. The molecule has 2 heterocycles. The summed E-state index contributed by atoms with van der Waals surface area (Å²) >= 11 is 0.976. The fourth-order valence-electron chi connectivity index (χ4n) is 8.06. The molecule has 7 heteroatoms. The molecule has 2 aliphatic heterocycles. The number of phenols is 1. The number of aromatic hydroxyl groups is 1. The number of rotatable bonds is 10. The van der Waals surface area contributed by atoms with Crippen LogP contribution in [0.25, 0.3) is 11.1 Å². The summed E-state index contributed by atoms with van der Waals surface area (Å²) in [6.45, 7) is 1.46. The lowest BCUT2D eigenvalue weighted by molar-refractivity contribution is -0.142. The summed E-state index contributed by atoms with van der Waals surface area (Å²) in [5.74, 6) is -0.189. The van der Waals surface area contributed by atoms with Gasteiger partial charge in [-0.05, 0) is 89.2 Å². The van der Waals surface area contributed by atoms with Crippen molar-refractivity contribution in [1.82, 2.24) is 10.2 Å². The fourth-order valence-corrected chi connectivity index (χ4v) is 8.91. The predicted octanol–water partition coefficient (Wildman–Crippen LogP) is 8.64. The SMILES string of the molecule is CC(=O)SC(Cc1ccc(O)cc1)C(=O)NC1Cc2ccc(-c3ccccc3)cc2C2CCCC(CC(c3ccccc3)c3ccccc3)N2C1=O. The summed E-state index contributed by atoms with van der Waals surface area (Å²) in [6.07, 6.45) is 4.13. The summed E-state index contributed by atoms with van der Waals surface area (Å²) in [5.41, 5.74) is 7.68. The van der Waals surface area contributed by atoms with Crippen LogP contribution in [0.15, 0.2) is 133 Å². The molecular weight excluding hydrogens is 665 g/mol. The van der Waals surface area contributed by atoms with Gasteiger partial charge in [-0.25, -0.2) is 0 Å². The molecular formula is C45H44N2O4S. The molecule has 0 spiro atoms. The maximum atomic E-state index is 15.1. The zero-order chi connectivity index (χ0) is 36.0. The third-order valence-electron chi connectivity index (χ3n) is 10.5. The summed E-state index contributed by atoms with van der Waals surface area (Å²) in [7, 11) is 0. The molecule has 0 radical (unpaired) electrons. The standard InChI is InChI=1S/C45H44N2O4S/c1-30(48)52-43(26-31-20-24-38(49)25-21-31)44(50)46-41-28-36-23-22-35(32-12-5-2-6-13-32)27-40(36)42-19-11-18-37(47(42)45(41)51)29-39(33-14-7-3-8-15-33)34-16-9-4-10-17-34/h2-10,12-17,20-25,27,37,39,41-43,49H,11,18-19,26,28-29H2,1H3,(H,46,50). The number of fused-ring (bicyclic) bond motifs is 3. The third kappa shape index (κ3) is 8.00. The molecule has 1 fully saturated rings. The Labute approximate surface area is 310 Å². The van der Waals surface area contributed by atoms with Gasteiger partial charge in [-0.2, -0.15) is 0 Å². The highest BCUT2D eigenvalue weighted by Crippen LogP contribution is 2.44. The first-order valence-corrected chi connectivity index (χ1v) is 19.1. The van der Waals surface area contributed by atoms with Crippen molar-refractivity contribution in [2.45, 2.75) is 74.7 Å². The van der Waals surface area contributed by atoms with Crippen LogP contribution in [0.4, 0.5) is 0 Å². The number of thioether (sulfide) groups is 1. The number of amides is 2. The minimum Gasteiger partial charge on any atom is -0.508 e. The Hall–Kier alpha value is -5.14. The molecule has 5 aromatic carbocycles. The smallest absolute Gasteiger partial charge is 0.246 e. The Bertz CT molecular complexity index is 1960. The first kappa shape index (κ1) is 35.3. The highest BCUT2D eigenvalue weighted by atomic mass is 32.2. The van der Waals surface area contributed by atoms with Crippen LogP contribution in [0.5, 0.6) is 5.75 Å². The fraction of sp³-hybridized carbons (Fsp3) is 0.267. The second kappa shape index (κ2) is 16.0. The Morgan fingerprint density at radius 3 is 2.08 bits per heavy atom. The molecule has 1 saturated heterocycles. The van der Waals surface area contributed by atoms with Gasteiger partial charge in [-0.3, -0.25) is 14.4 Å². The summed E-state index contributed by atoms with van der Waals surface area (Å²) in [6, 6.07) is 43.6. The van der Waals surface area contributed by atoms with Crippen molar-refractivity contribution >= 4 is 28.7 Å². The van der Waals surface area contributed by atoms with E-state index in [-0.39, 0.29) is 40.7 Å². The van der Waals surface area contributed by atoms with Crippen molar-refractivity contribution < 1.29 is 19.5 Å². The van der Waals surface area contributed by atoms with Crippen LogP contribution in [0, 0.1) is 0 Å². The van der Waals surface area contributed by atoms with E-state index >= 15 is 4.79 Å². The van der Waals surface area contributed by atoms with Crippen LogP contribution >= 0.6 is 11.8 Å². The summed E-state index contributed by atoms with van der Waals surface area (Å²) in [5, 5.41) is 12.0. The lowest BCUT2D eigenvalue weighted by Gasteiger charge is -2.44. The predicted molar refractivity (Wildman–Crippen MR) is 208 cm³/mol. The van der Waals surface area contributed by atoms with E-state index < -0.39 is 11.3 Å². The number of nitrogens with one attached hydrogen (secondary N) is 1. The van der Waals surface area contributed by atoms with Gasteiger partial charge in [-0.1, -0.05) is 127 Å². The molecule has 52 heavy (non-hydrogen) atoms. The number of carbonyl (C=O) groups excluding carboxylic acids is 3. The lowest BCUT2D eigenvalue weighted by Crippen LogP contribution is -2.55. The van der Waals surface area contributed by atoms with E-state index in [1.807, 2.05) is 30.3 Å². The van der Waals surface area contributed by atoms with E-state index in [4.69, 9.17) is 0 Å². The zero-order valence-electron chi connectivity index (χ0n) is 29.4. The normalized spacial score (nSPS) is 18.9. The maximum absolute atomic E-state index is 15.1. The molecule has 2 aliphatic rings. The number of nitrogens with zero attached hydrogens (tertiary/aromatic N) is 1. The highest BCUT2D eigenvalue weighted by molar-refractivity contribution is 8.14. The first-order chi connectivity index (χ1) is 25.3. The van der Waals surface area contributed by atoms with Crippen LogP contribution in [-0.4, -0.2) is 44.3 Å². The number of hydrogen-bond donors (Lipinski definition) is 2. The zero-order valence-corrected chi connectivity index (χ0v) is 30.2. The Morgan fingerprint density at radius 1 is 0.808 bits per heavy atom. The highest BCUT2D eigenvalue weighted by Gasteiger charge is 2.43. The van der Waals surface area contributed by atoms with Crippen LogP contribution in [0.1, 0.15) is 72.4 Å². The van der Waals surface area contributed by atoms with Crippen LogP contribution < -0.4 is 5.32 Å². The van der Waals surface area contributed by atoms with Crippen LogP contribution in [0.3, 0.4) is 0 Å². The Morgan fingerprint density at radius 2 is 1.44 bits per heavy atom. The van der Waals surface area contributed by atoms with E-state index in [1.165, 1.54) is 18.1 Å². The van der Waals surface area contributed by atoms with Gasteiger partial charge in [0.25, 0.3) is 0 Å². The minimum atomic E-state index is -0.791. The molecule has 0 aromatic heterocycles. The second-order valence-electron chi connectivity index (χ2n) is 14.0. The molecule has 6 nitrogen and oxygen atoms in total. The van der Waals surface area contributed by atoms with Crippen molar-refractivity contribution in [3.8, 4) is 16.9 Å². The molecule has 4 atom stereocenters. The van der Waals surface area contributed by atoms with Gasteiger partial charge in [0.05, 0.1) is 11.3 Å². The quantitative estimate of drug-likeness (QED) is 0.152. The maximum Gasteiger partial charge on any atom is 0.246 e. The molecule has 5 aromatic rings. The van der Waals surface area contributed by atoms with Crippen molar-refractivity contribution in [3.05, 3.63) is 161 Å². The molecule has 0 bridgehead atoms.